The quantitative estimate of drug-likeness (QED) is 0.536. The molecule has 2 aromatic heterocycles. The summed E-state index contributed by atoms with van der Waals surface area (Å²) in [5.74, 6) is -0.838. The number of carboxylic acid groups (broad SMARTS) is 1. The molecule has 0 bridgehead atoms. The maximum absolute atomic E-state index is 12.7. The van der Waals surface area contributed by atoms with Gasteiger partial charge in [-0.3, -0.25) is 4.79 Å². The molecule has 9 nitrogen and oxygen atoms in total. The number of hydrogen-bond donors (Lipinski definition) is 2. The van der Waals surface area contributed by atoms with Gasteiger partial charge in [-0.15, -0.1) is 0 Å². The van der Waals surface area contributed by atoms with E-state index in [2.05, 4.69) is 44.3 Å². The first-order valence-corrected chi connectivity index (χ1v) is 12.4. The maximum Gasteiger partial charge on any atom is 0.341 e. The summed E-state index contributed by atoms with van der Waals surface area (Å²) in [5, 5.41) is 13.0. The van der Waals surface area contributed by atoms with Gasteiger partial charge in [0.15, 0.2) is 0 Å². The van der Waals surface area contributed by atoms with Gasteiger partial charge in [0.1, 0.15) is 11.2 Å². The van der Waals surface area contributed by atoms with Crippen LogP contribution in [-0.2, 0) is 6.42 Å². The molecule has 1 aromatic carbocycles. The third-order valence-corrected chi connectivity index (χ3v) is 7.24. The monoisotopic (exact) mass is 476 g/mol. The summed E-state index contributed by atoms with van der Waals surface area (Å²) in [5.41, 5.74) is 1.85. The standard InChI is InChI=1S/C26H32N6O3/c1-30-12-14-31(15-13-30)11-10-18-6-8-19(9-7-18)28-26-27-16-21-23(33)22(25(34)35)17-32(24(21)29-26)20-4-2-3-5-20/h6-9,16-17,20H,2-5,10-15H2,1H3,(H,34,35)(H,27,28,29). The summed E-state index contributed by atoms with van der Waals surface area (Å²) >= 11 is 0. The van der Waals surface area contributed by atoms with Crippen LogP contribution in [0.25, 0.3) is 11.0 Å². The number of carbonyl (C=O) groups is 1. The molecule has 9 heteroatoms. The molecule has 0 amide bonds. The molecule has 35 heavy (non-hydrogen) atoms. The molecule has 1 saturated carbocycles. The molecule has 1 aliphatic carbocycles. The minimum atomic E-state index is -1.22. The Bertz CT molecular complexity index is 1260. The zero-order valence-corrected chi connectivity index (χ0v) is 20.1. The van der Waals surface area contributed by atoms with Crippen molar-refractivity contribution in [1.29, 1.82) is 0 Å². The predicted molar refractivity (Wildman–Crippen MR) is 136 cm³/mol. The molecule has 1 aliphatic heterocycles. The fourth-order valence-electron chi connectivity index (χ4n) is 5.05. The number of anilines is 2. The average molecular weight is 477 g/mol. The van der Waals surface area contributed by atoms with Crippen LogP contribution >= 0.6 is 0 Å². The lowest BCUT2D eigenvalue weighted by atomic mass is 10.1. The second-order valence-corrected chi connectivity index (χ2v) is 9.67. The highest BCUT2D eigenvalue weighted by Crippen LogP contribution is 2.31. The van der Waals surface area contributed by atoms with Gasteiger partial charge in [-0.2, -0.15) is 4.98 Å². The zero-order chi connectivity index (χ0) is 24.4. The van der Waals surface area contributed by atoms with Crippen molar-refractivity contribution in [2.24, 2.45) is 0 Å². The summed E-state index contributed by atoms with van der Waals surface area (Å²) in [7, 11) is 2.17. The van der Waals surface area contributed by atoms with Crippen LogP contribution in [0, 0.1) is 0 Å². The average Bonchev–Trinajstić information content (AvgIpc) is 3.39. The number of benzene rings is 1. The highest BCUT2D eigenvalue weighted by Gasteiger charge is 2.23. The number of aromatic nitrogens is 3. The Morgan fingerprint density at radius 1 is 1.11 bits per heavy atom. The van der Waals surface area contributed by atoms with Crippen molar-refractivity contribution < 1.29 is 9.90 Å². The van der Waals surface area contributed by atoms with Gasteiger partial charge in [-0.25, -0.2) is 9.78 Å². The lowest BCUT2D eigenvalue weighted by Crippen LogP contribution is -2.45. The van der Waals surface area contributed by atoms with Crippen LogP contribution in [-0.4, -0.2) is 75.2 Å². The number of fused-ring (bicyclic) bond motifs is 1. The number of aromatic carboxylic acids is 1. The van der Waals surface area contributed by atoms with Crippen molar-refractivity contribution in [2.75, 3.05) is 45.1 Å². The molecule has 0 unspecified atom stereocenters. The van der Waals surface area contributed by atoms with E-state index < -0.39 is 11.4 Å². The molecule has 184 valence electrons. The number of nitrogens with zero attached hydrogens (tertiary/aromatic N) is 5. The van der Waals surface area contributed by atoms with Gasteiger partial charge in [0.2, 0.25) is 11.4 Å². The SMILES string of the molecule is CN1CCN(CCc2ccc(Nc3ncc4c(=O)c(C(=O)O)cn(C5CCCC5)c4n3)cc2)CC1. The second kappa shape index (κ2) is 10.1. The molecule has 2 aliphatic rings. The van der Waals surface area contributed by atoms with E-state index in [4.69, 9.17) is 0 Å². The van der Waals surface area contributed by atoms with Gasteiger partial charge in [-0.05, 0) is 44.0 Å². The third-order valence-electron chi connectivity index (χ3n) is 7.24. The zero-order valence-electron chi connectivity index (χ0n) is 20.1. The summed E-state index contributed by atoms with van der Waals surface area (Å²) in [6.07, 6.45) is 7.95. The molecule has 2 N–H and O–H groups in total. The lowest BCUT2D eigenvalue weighted by Gasteiger charge is -2.32. The normalized spacial score (nSPS) is 17.7. The Balaban J connectivity index is 1.33. The summed E-state index contributed by atoms with van der Waals surface area (Å²) < 4.78 is 1.86. The van der Waals surface area contributed by atoms with Gasteiger partial charge in [0.25, 0.3) is 0 Å². The van der Waals surface area contributed by atoms with Crippen LogP contribution < -0.4 is 10.7 Å². The molecule has 1 saturated heterocycles. The molecule has 5 rings (SSSR count). The van der Waals surface area contributed by atoms with Crippen molar-refractivity contribution in [3.05, 3.63) is 58.0 Å². The predicted octanol–water partition coefficient (Wildman–Crippen LogP) is 3.14. The van der Waals surface area contributed by atoms with Crippen LogP contribution in [0.2, 0.25) is 0 Å². The van der Waals surface area contributed by atoms with Gasteiger partial charge >= 0.3 is 5.97 Å². The molecular formula is C26H32N6O3. The fraction of sp³-hybridized carbons (Fsp3) is 0.462. The van der Waals surface area contributed by atoms with Crippen molar-refractivity contribution >= 4 is 28.6 Å². The van der Waals surface area contributed by atoms with E-state index in [1.54, 1.807) is 0 Å². The van der Waals surface area contributed by atoms with Crippen LogP contribution in [0.1, 0.15) is 47.6 Å². The molecule has 0 atom stereocenters. The van der Waals surface area contributed by atoms with Crippen LogP contribution in [0.3, 0.4) is 0 Å². The van der Waals surface area contributed by atoms with E-state index in [0.29, 0.717) is 11.6 Å². The van der Waals surface area contributed by atoms with Crippen LogP contribution in [0.5, 0.6) is 0 Å². The smallest absolute Gasteiger partial charge is 0.341 e. The maximum atomic E-state index is 12.7. The first kappa shape index (κ1) is 23.4. The molecule has 0 spiro atoms. The van der Waals surface area contributed by atoms with Gasteiger partial charge in [0, 0.05) is 56.8 Å². The van der Waals surface area contributed by atoms with Crippen molar-refractivity contribution in [3.8, 4) is 0 Å². The largest absolute Gasteiger partial charge is 0.477 e. The molecule has 0 radical (unpaired) electrons. The van der Waals surface area contributed by atoms with E-state index >= 15 is 0 Å². The topological polar surface area (TPSA) is 104 Å². The summed E-state index contributed by atoms with van der Waals surface area (Å²) in [6, 6.07) is 8.41. The molecular weight excluding hydrogens is 444 g/mol. The fourth-order valence-corrected chi connectivity index (χ4v) is 5.05. The Labute approximate surface area is 204 Å². The number of likely N-dealkylation sites (N-methyl/N-ethyl adjacent to an activating group) is 1. The van der Waals surface area contributed by atoms with E-state index in [-0.39, 0.29) is 17.0 Å². The summed E-state index contributed by atoms with van der Waals surface area (Å²) in [6.45, 7) is 5.55. The number of hydrogen-bond acceptors (Lipinski definition) is 7. The van der Waals surface area contributed by atoms with Crippen LogP contribution in [0.4, 0.5) is 11.6 Å². The molecule has 3 heterocycles. The van der Waals surface area contributed by atoms with Gasteiger partial charge < -0.3 is 24.8 Å². The number of pyridine rings is 1. The van der Waals surface area contributed by atoms with Crippen LogP contribution in [0.15, 0.2) is 41.5 Å². The Hall–Kier alpha value is -3.30. The van der Waals surface area contributed by atoms with Crippen molar-refractivity contribution in [3.63, 3.8) is 0 Å². The van der Waals surface area contributed by atoms with Gasteiger partial charge in [-0.1, -0.05) is 25.0 Å². The first-order valence-electron chi connectivity index (χ1n) is 12.4. The number of carboxylic acids is 1. The van der Waals surface area contributed by atoms with E-state index in [1.807, 2.05) is 16.7 Å². The van der Waals surface area contributed by atoms with Crippen molar-refractivity contribution in [1.82, 2.24) is 24.3 Å². The lowest BCUT2D eigenvalue weighted by molar-refractivity contribution is 0.0694. The minimum Gasteiger partial charge on any atom is -0.477 e. The number of nitrogens with one attached hydrogen (secondary N) is 1. The van der Waals surface area contributed by atoms with E-state index in [9.17, 15) is 14.7 Å². The van der Waals surface area contributed by atoms with Crippen molar-refractivity contribution in [2.45, 2.75) is 38.1 Å². The minimum absolute atomic E-state index is 0.138. The molecule has 2 fully saturated rings. The Morgan fingerprint density at radius 2 is 1.83 bits per heavy atom. The second-order valence-electron chi connectivity index (χ2n) is 9.67. The third kappa shape index (κ3) is 5.21. The molecule has 3 aromatic rings. The number of rotatable bonds is 7. The number of piperazine rings is 1. The Morgan fingerprint density at radius 3 is 2.51 bits per heavy atom. The first-order chi connectivity index (χ1) is 17.0. The highest BCUT2D eigenvalue weighted by molar-refractivity contribution is 5.91. The summed E-state index contributed by atoms with van der Waals surface area (Å²) in [4.78, 5) is 38.2. The van der Waals surface area contributed by atoms with E-state index in [1.165, 1.54) is 18.0 Å². The van der Waals surface area contributed by atoms with Gasteiger partial charge in [0.05, 0.1) is 5.39 Å². The highest BCUT2D eigenvalue weighted by atomic mass is 16.4. The van der Waals surface area contributed by atoms with E-state index in [0.717, 1.165) is 70.5 Å². The Kier molecular flexibility index (Phi) is 6.79.